The Kier molecular flexibility index (Phi) is 4.76. The third kappa shape index (κ3) is 4.12. The SMILES string of the molecule is C[C@@H](CCc1ccco1)NC(=O)Nc1ccccc1F. The Morgan fingerprint density at radius 1 is 1.30 bits per heavy atom. The summed E-state index contributed by atoms with van der Waals surface area (Å²) in [6.07, 6.45) is 3.12. The molecule has 0 aliphatic heterocycles. The summed E-state index contributed by atoms with van der Waals surface area (Å²) in [4.78, 5) is 11.7. The first-order chi connectivity index (χ1) is 9.65. The van der Waals surface area contributed by atoms with E-state index in [0.717, 1.165) is 18.6 Å². The second-order valence-corrected chi connectivity index (χ2v) is 4.60. The average molecular weight is 276 g/mol. The number of aryl methyl sites for hydroxylation is 1. The summed E-state index contributed by atoms with van der Waals surface area (Å²) < 4.78 is 18.6. The van der Waals surface area contributed by atoms with E-state index in [-0.39, 0.29) is 11.7 Å². The minimum absolute atomic E-state index is 0.0353. The minimum atomic E-state index is -0.453. The standard InChI is InChI=1S/C15H17FN2O2/c1-11(8-9-12-5-4-10-20-12)17-15(19)18-14-7-3-2-6-13(14)16/h2-7,10-11H,8-9H2,1H3,(H2,17,18,19)/t11-/m0/s1. The summed E-state index contributed by atoms with van der Waals surface area (Å²) in [6, 6.07) is 9.33. The van der Waals surface area contributed by atoms with E-state index in [1.54, 1.807) is 18.4 Å². The van der Waals surface area contributed by atoms with Crippen molar-refractivity contribution < 1.29 is 13.6 Å². The molecule has 4 nitrogen and oxygen atoms in total. The molecule has 5 heteroatoms. The Bertz CT molecular complexity index is 555. The molecule has 2 rings (SSSR count). The maximum Gasteiger partial charge on any atom is 0.319 e. The topological polar surface area (TPSA) is 54.3 Å². The van der Waals surface area contributed by atoms with Crippen molar-refractivity contribution in [2.24, 2.45) is 0 Å². The molecule has 0 saturated carbocycles. The fraction of sp³-hybridized carbons (Fsp3) is 0.267. The molecule has 20 heavy (non-hydrogen) atoms. The molecular formula is C15H17FN2O2. The molecule has 0 spiro atoms. The van der Waals surface area contributed by atoms with Crippen LogP contribution in [0.2, 0.25) is 0 Å². The zero-order chi connectivity index (χ0) is 14.4. The molecule has 1 aromatic carbocycles. The van der Waals surface area contributed by atoms with E-state index >= 15 is 0 Å². The predicted molar refractivity (Wildman–Crippen MR) is 75.0 cm³/mol. The Balaban J connectivity index is 1.78. The number of rotatable bonds is 5. The molecule has 106 valence electrons. The lowest BCUT2D eigenvalue weighted by Gasteiger charge is -2.14. The number of amides is 2. The second kappa shape index (κ2) is 6.75. The Morgan fingerprint density at radius 3 is 2.80 bits per heavy atom. The number of hydrogen-bond donors (Lipinski definition) is 2. The number of furan rings is 1. The predicted octanol–water partition coefficient (Wildman–Crippen LogP) is 3.56. The van der Waals surface area contributed by atoms with Gasteiger partial charge in [0, 0.05) is 12.5 Å². The number of urea groups is 1. The fourth-order valence-electron chi connectivity index (χ4n) is 1.83. The summed E-state index contributed by atoms with van der Waals surface area (Å²) in [5.41, 5.74) is 0.170. The Labute approximate surface area is 117 Å². The van der Waals surface area contributed by atoms with Gasteiger partial charge in [0.05, 0.1) is 12.0 Å². The third-order valence-corrected chi connectivity index (χ3v) is 2.90. The maximum absolute atomic E-state index is 13.4. The summed E-state index contributed by atoms with van der Waals surface area (Å²) >= 11 is 0. The van der Waals surface area contributed by atoms with Crippen molar-refractivity contribution in [3.8, 4) is 0 Å². The summed E-state index contributed by atoms with van der Waals surface area (Å²) in [6.45, 7) is 1.89. The summed E-state index contributed by atoms with van der Waals surface area (Å²) in [5, 5.41) is 5.25. The molecule has 2 amide bonds. The number of hydrogen-bond acceptors (Lipinski definition) is 2. The monoisotopic (exact) mass is 276 g/mol. The van der Waals surface area contributed by atoms with E-state index in [1.807, 2.05) is 19.1 Å². The highest BCUT2D eigenvalue weighted by Crippen LogP contribution is 2.12. The zero-order valence-corrected chi connectivity index (χ0v) is 11.2. The summed E-state index contributed by atoms with van der Waals surface area (Å²) in [7, 11) is 0. The molecule has 0 saturated heterocycles. The molecule has 0 aliphatic rings. The van der Waals surface area contributed by atoms with Crippen molar-refractivity contribution in [3.05, 3.63) is 54.2 Å². The quantitative estimate of drug-likeness (QED) is 0.877. The van der Waals surface area contributed by atoms with Crippen molar-refractivity contribution in [3.63, 3.8) is 0 Å². The van der Waals surface area contributed by atoms with E-state index in [0.29, 0.717) is 0 Å². The molecular weight excluding hydrogens is 259 g/mol. The molecule has 0 radical (unpaired) electrons. The van der Waals surface area contributed by atoms with Gasteiger partial charge in [0.25, 0.3) is 0 Å². The van der Waals surface area contributed by atoms with Crippen LogP contribution in [0.15, 0.2) is 47.1 Å². The number of carbonyl (C=O) groups excluding carboxylic acids is 1. The first-order valence-corrected chi connectivity index (χ1v) is 6.49. The normalized spacial score (nSPS) is 11.9. The van der Waals surface area contributed by atoms with Crippen molar-refractivity contribution >= 4 is 11.7 Å². The highest BCUT2D eigenvalue weighted by atomic mass is 19.1. The van der Waals surface area contributed by atoms with Crippen molar-refractivity contribution in [1.29, 1.82) is 0 Å². The molecule has 0 bridgehead atoms. The van der Waals surface area contributed by atoms with Gasteiger partial charge in [-0.15, -0.1) is 0 Å². The fourth-order valence-corrected chi connectivity index (χ4v) is 1.83. The van der Waals surface area contributed by atoms with Gasteiger partial charge in [-0.2, -0.15) is 0 Å². The van der Waals surface area contributed by atoms with Gasteiger partial charge >= 0.3 is 6.03 Å². The molecule has 0 unspecified atom stereocenters. The van der Waals surface area contributed by atoms with Crippen LogP contribution < -0.4 is 10.6 Å². The van der Waals surface area contributed by atoms with Crippen LogP contribution in [0, 0.1) is 5.82 Å². The number of halogens is 1. The first-order valence-electron chi connectivity index (χ1n) is 6.49. The summed E-state index contributed by atoms with van der Waals surface area (Å²) in [5.74, 6) is 0.430. The van der Waals surface area contributed by atoms with Gasteiger partial charge in [-0.25, -0.2) is 9.18 Å². The van der Waals surface area contributed by atoms with Gasteiger partial charge in [0.15, 0.2) is 0 Å². The van der Waals surface area contributed by atoms with Gasteiger partial charge in [0.2, 0.25) is 0 Å². The van der Waals surface area contributed by atoms with Crippen molar-refractivity contribution in [2.45, 2.75) is 25.8 Å². The number of anilines is 1. The smallest absolute Gasteiger partial charge is 0.319 e. The van der Waals surface area contributed by atoms with Crippen LogP contribution in [0.25, 0.3) is 0 Å². The van der Waals surface area contributed by atoms with Crippen LogP contribution in [0.4, 0.5) is 14.9 Å². The van der Waals surface area contributed by atoms with Crippen LogP contribution in [0.5, 0.6) is 0 Å². The highest BCUT2D eigenvalue weighted by Gasteiger charge is 2.10. The average Bonchev–Trinajstić information content (AvgIpc) is 2.92. The largest absolute Gasteiger partial charge is 0.469 e. The first kappa shape index (κ1) is 14.1. The van der Waals surface area contributed by atoms with Crippen LogP contribution in [-0.2, 0) is 6.42 Å². The second-order valence-electron chi connectivity index (χ2n) is 4.60. The van der Waals surface area contributed by atoms with Crippen molar-refractivity contribution in [1.82, 2.24) is 5.32 Å². The van der Waals surface area contributed by atoms with Crippen LogP contribution in [-0.4, -0.2) is 12.1 Å². The van der Waals surface area contributed by atoms with Crippen LogP contribution in [0.3, 0.4) is 0 Å². The van der Waals surface area contributed by atoms with Gasteiger partial charge in [-0.3, -0.25) is 0 Å². The van der Waals surface area contributed by atoms with Crippen LogP contribution >= 0.6 is 0 Å². The minimum Gasteiger partial charge on any atom is -0.469 e. The van der Waals surface area contributed by atoms with Gasteiger partial charge in [-0.05, 0) is 37.6 Å². The van der Waals surface area contributed by atoms with Gasteiger partial charge in [0.1, 0.15) is 11.6 Å². The number of nitrogens with one attached hydrogen (secondary N) is 2. The van der Waals surface area contributed by atoms with Gasteiger partial charge in [-0.1, -0.05) is 12.1 Å². The van der Waals surface area contributed by atoms with E-state index in [9.17, 15) is 9.18 Å². The molecule has 0 aliphatic carbocycles. The number of benzene rings is 1. The van der Waals surface area contributed by atoms with Crippen molar-refractivity contribution in [2.75, 3.05) is 5.32 Å². The Hall–Kier alpha value is -2.30. The van der Waals surface area contributed by atoms with E-state index in [2.05, 4.69) is 10.6 Å². The lowest BCUT2D eigenvalue weighted by molar-refractivity contribution is 0.248. The molecule has 2 aromatic rings. The van der Waals surface area contributed by atoms with Crippen LogP contribution in [0.1, 0.15) is 19.1 Å². The molecule has 2 N–H and O–H groups in total. The lowest BCUT2D eigenvalue weighted by atomic mass is 10.1. The Morgan fingerprint density at radius 2 is 2.10 bits per heavy atom. The molecule has 1 aromatic heterocycles. The molecule has 0 fully saturated rings. The van der Waals surface area contributed by atoms with E-state index < -0.39 is 11.8 Å². The third-order valence-electron chi connectivity index (χ3n) is 2.90. The maximum atomic E-state index is 13.4. The number of carbonyl (C=O) groups is 1. The molecule has 1 atom stereocenters. The van der Waals surface area contributed by atoms with Gasteiger partial charge < -0.3 is 15.1 Å². The lowest BCUT2D eigenvalue weighted by Crippen LogP contribution is -2.36. The zero-order valence-electron chi connectivity index (χ0n) is 11.2. The molecule has 1 heterocycles. The van der Waals surface area contributed by atoms with E-state index in [1.165, 1.54) is 12.1 Å². The van der Waals surface area contributed by atoms with E-state index in [4.69, 9.17) is 4.42 Å². The number of para-hydroxylation sites is 1. The highest BCUT2D eigenvalue weighted by molar-refractivity contribution is 5.89.